The summed E-state index contributed by atoms with van der Waals surface area (Å²) in [6, 6.07) is 2.06. The molecule has 1 N–H and O–H groups in total. The molecule has 1 aliphatic heterocycles. The van der Waals surface area contributed by atoms with Crippen molar-refractivity contribution in [2.24, 2.45) is 5.92 Å². The van der Waals surface area contributed by atoms with Gasteiger partial charge in [0.1, 0.15) is 0 Å². The molecule has 2 heterocycles. The van der Waals surface area contributed by atoms with Crippen molar-refractivity contribution >= 4 is 27.3 Å². The number of hydrogen-bond donors (Lipinski definition) is 1. The highest BCUT2D eigenvalue weighted by Crippen LogP contribution is 2.38. The molecule has 15 heavy (non-hydrogen) atoms. The van der Waals surface area contributed by atoms with E-state index in [2.05, 4.69) is 22.0 Å². The van der Waals surface area contributed by atoms with Crippen molar-refractivity contribution in [1.29, 1.82) is 0 Å². The topological polar surface area (TPSA) is 29.5 Å². The fraction of sp³-hybridized carbons (Fsp3) is 0.636. The van der Waals surface area contributed by atoms with E-state index in [1.807, 2.05) is 13.8 Å². The van der Waals surface area contributed by atoms with Gasteiger partial charge in [0, 0.05) is 17.4 Å². The number of aliphatic hydroxyl groups excluding tert-OH is 1. The third-order valence-electron chi connectivity index (χ3n) is 3.01. The van der Waals surface area contributed by atoms with Crippen molar-refractivity contribution in [3.63, 3.8) is 0 Å². The van der Waals surface area contributed by atoms with Crippen LogP contribution in [0.25, 0.3) is 0 Å². The zero-order valence-corrected chi connectivity index (χ0v) is 11.3. The first-order chi connectivity index (χ1) is 7.09. The molecule has 0 radical (unpaired) electrons. The van der Waals surface area contributed by atoms with Crippen molar-refractivity contribution < 1.29 is 9.84 Å². The summed E-state index contributed by atoms with van der Waals surface area (Å²) in [6.45, 7) is 4.86. The van der Waals surface area contributed by atoms with Gasteiger partial charge in [0.05, 0.1) is 16.0 Å². The van der Waals surface area contributed by atoms with Crippen LogP contribution in [0.5, 0.6) is 0 Å². The highest BCUT2D eigenvalue weighted by atomic mass is 79.9. The van der Waals surface area contributed by atoms with Gasteiger partial charge in [-0.1, -0.05) is 0 Å². The normalized spacial score (nSPS) is 28.3. The van der Waals surface area contributed by atoms with Gasteiger partial charge in [-0.25, -0.2) is 0 Å². The van der Waals surface area contributed by atoms with E-state index in [0.29, 0.717) is 0 Å². The van der Waals surface area contributed by atoms with Gasteiger partial charge in [-0.15, -0.1) is 11.3 Å². The molecule has 0 aliphatic carbocycles. The summed E-state index contributed by atoms with van der Waals surface area (Å²) in [5.41, 5.74) is 1.20. The third kappa shape index (κ3) is 2.28. The van der Waals surface area contributed by atoms with Crippen molar-refractivity contribution in [3.05, 3.63) is 20.3 Å². The minimum atomic E-state index is -0.377. The second-order valence-corrected chi connectivity index (χ2v) is 6.48. The average molecular weight is 291 g/mol. The Kier molecular flexibility index (Phi) is 3.50. The summed E-state index contributed by atoms with van der Waals surface area (Å²) in [5.74, 6) is 0.245. The van der Waals surface area contributed by atoms with Crippen molar-refractivity contribution in [1.82, 2.24) is 0 Å². The summed E-state index contributed by atoms with van der Waals surface area (Å²) in [7, 11) is 0. The molecular formula is C11H15BrO2S. The molecule has 2 rings (SSSR count). The summed E-state index contributed by atoms with van der Waals surface area (Å²) >= 11 is 5.11. The molecule has 1 aromatic heterocycles. The summed E-state index contributed by atoms with van der Waals surface area (Å²) in [4.78, 5) is 1.04. The van der Waals surface area contributed by atoms with Gasteiger partial charge < -0.3 is 9.84 Å². The molecule has 1 saturated heterocycles. The lowest BCUT2D eigenvalue weighted by atomic mass is 9.95. The van der Waals surface area contributed by atoms with Gasteiger partial charge in [-0.2, -0.15) is 0 Å². The summed E-state index contributed by atoms with van der Waals surface area (Å²) in [5, 5.41) is 10.2. The molecule has 0 saturated carbocycles. The molecular weight excluding hydrogens is 276 g/mol. The first-order valence-corrected chi connectivity index (χ1v) is 6.76. The van der Waals surface area contributed by atoms with Crippen LogP contribution in [0, 0.1) is 12.8 Å². The smallest absolute Gasteiger partial charge is 0.0936 e. The van der Waals surface area contributed by atoms with E-state index in [-0.39, 0.29) is 18.1 Å². The summed E-state index contributed by atoms with van der Waals surface area (Å²) < 4.78 is 6.59. The first kappa shape index (κ1) is 11.6. The molecule has 0 amide bonds. The maximum atomic E-state index is 10.2. The minimum Gasteiger partial charge on any atom is -0.387 e. The number of ether oxygens (including phenoxy) is 1. The molecule has 3 unspecified atom stereocenters. The van der Waals surface area contributed by atoms with Crippen LogP contribution in [0.2, 0.25) is 0 Å². The van der Waals surface area contributed by atoms with Crippen LogP contribution >= 0.6 is 27.3 Å². The lowest BCUT2D eigenvalue weighted by Crippen LogP contribution is -2.18. The van der Waals surface area contributed by atoms with Crippen LogP contribution in [-0.2, 0) is 4.74 Å². The number of aryl methyl sites for hydroxylation is 1. The van der Waals surface area contributed by atoms with Gasteiger partial charge in [0.2, 0.25) is 0 Å². The third-order valence-corrected chi connectivity index (χ3v) is 5.22. The van der Waals surface area contributed by atoms with Gasteiger partial charge in [0.25, 0.3) is 0 Å². The average Bonchev–Trinajstić information content (AvgIpc) is 2.74. The number of aliphatic hydroxyl groups is 1. The van der Waals surface area contributed by atoms with Crippen LogP contribution in [0.15, 0.2) is 9.85 Å². The van der Waals surface area contributed by atoms with E-state index in [9.17, 15) is 5.11 Å². The molecule has 2 nitrogen and oxygen atoms in total. The van der Waals surface area contributed by atoms with Gasteiger partial charge in [-0.3, -0.25) is 0 Å². The molecule has 84 valence electrons. The second kappa shape index (κ2) is 4.53. The predicted octanol–water partition coefficient (Wildman–Crippen LogP) is 3.28. The summed E-state index contributed by atoms with van der Waals surface area (Å²) in [6.07, 6.45) is 0.746. The number of hydrogen-bond acceptors (Lipinski definition) is 3. The molecule has 0 aromatic carbocycles. The quantitative estimate of drug-likeness (QED) is 0.906. The molecule has 0 bridgehead atoms. The molecule has 1 fully saturated rings. The monoisotopic (exact) mass is 290 g/mol. The highest BCUT2D eigenvalue weighted by Gasteiger charge is 2.32. The van der Waals surface area contributed by atoms with Gasteiger partial charge in [0.15, 0.2) is 0 Å². The van der Waals surface area contributed by atoms with E-state index in [1.165, 1.54) is 5.56 Å². The Balaban J connectivity index is 2.16. The van der Waals surface area contributed by atoms with Crippen molar-refractivity contribution in [2.75, 3.05) is 6.61 Å². The Morgan fingerprint density at radius 3 is 2.87 bits per heavy atom. The van der Waals surface area contributed by atoms with Gasteiger partial charge >= 0.3 is 0 Å². The first-order valence-electron chi connectivity index (χ1n) is 5.15. The maximum Gasteiger partial charge on any atom is 0.0936 e. The lowest BCUT2D eigenvalue weighted by Gasteiger charge is -2.19. The van der Waals surface area contributed by atoms with E-state index >= 15 is 0 Å². The van der Waals surface area contributed by atoms with Crippen LogP contribution in [-0.4, -0.2) is 17.8 Å². The van der Waals surface area contributed by atoms with E-state index in [1.54, 1.807) is 11.3 Å². The molecule has 4 heteroatoms. The SMILES string of the molecule is Cc1cc(C(O)C2CCOC2C)sc1Br. The lowest BCUT2D eigenvalue weighted by molar-refractivity contribution is 0.0448. The Bertz CT molecular complexity index is 331. The molecule has 3 atom stereocenters. The van der Waals surface area contributed by atoms with Crippen LogP contribution in [0.3, 0.4) is 0 Å². The minimum absolute atomic E-state index is 0.168. The van der Waals surface area contributed by atoms with Gasteiger partial charge in [-0.05, 0) is 47.8 Å². The standard InChI is InChI=1S/C11H15BrO2S/c1-6-5-9(15-11(6)12)10(13)8-3-4-14-7(8)2/h5,7-8,10,13H,3-4H2,1-2H3. The zero-order valence-electron chi connectivity index (χ0n) is 8.87. The molecule has 1 aliphatic rings. The maximum absolute atomic E-state index is 10.2. The van der Waals surface area contributed by atoms with E-state index in [4.69, 9.17) is 4.74 Å². The highest BCUT2D eigenvalue weighted by molar-refractivity contribution is 9.11. The fourth-order valence-electron chi connectivity index (χ4n) is 2.00. The Hall–Kier alpha value is 0.100. The second-order valence-electron chi connectivity index (χ2n) is 4.08. The van der Waals surface area contributed by atoms with E-state index in [0.717, 1.165) is 21.7 Å². The number of halogens is 1. The Labute approximate surface area is 102 Å². The largest absolute Gasteiger partial charge is 0.387 e. The van der Waals surface area contributed by atoms with Crippen molar-refractivity contribution in [3.8, 4) is 0 Å². The molecule has 0 spiro atoms. The predicted molar refractivity (Wildman–Crippen MR) is 65.2 cm³/mol. The van der Waals surface area contributed by atoms with Crippen molar-refractivity contribution in [2.45, 2.75) is 32.5 Å². The van der Waals surface area contributed by atoms with Crippen LogP contribution in [0.4, 0.5) is 0 Å². The Morgan fingerprint density at radius 1 is 1.67 bits per heavy atom. The molecule has 1 aromatic rings. The van der Waals surface area contributed by atoms with Crippen LogP contribution in [0.1, 0.15) is 29.9 Å². The Morgan fingerprint density at radius 2 is 2.40 bits per heavy atom. The fourth-order valence-corrected chi connectivity index (χ4v) is 3.64. The number of thiophene rings is 1. The zero-order chi connectivity index (χ0) is 11.0. The van der Waals surface area contributed by atoms with Crippen LogP contribution < -0.4 is 0 Å². The van der Waals surface area contributed by atoms with E-state index < -0.39 is 0 Å². The number of rotatable bonds is 2.